The summed E-state index contributed by atoms with van der Waals surface area (Å²) in [4.78, 5) is 12.6. The number of nitrogens with zero attached hydrogens (tertiary/aromatic N) is 1. The van der Waals surface area contributed by atoms with Crippen molar-refractivity contribution in [1.82, 2.24) is 0 Å². The molecule has 0 spiro atoms. The average molecular weight is 226 g/mol. The summed E-state index contributed by atoms with van der Waals surface area (Å²) in [5, 5.41) is 9.49. The molecular weight excluding hydrogens is 214 g/mol. The smallest absolute Gasteiger partial charge is 0.323 e. The summed E-state index contributed by atoms with van der Waals surface area (Å²) in [7, 11) is 0. The zero-order chi connectivity index (χ0) is 10.8. The summed E-state index contributed by atoms with van der Waals surface area (Å²) in [6.45, 7) is 0.871. The van der Waals surface area contributed by atoms with Gasteiger partial charge in [0, 0.05) is 17.3 Å². The van der Waals surface area contributed by atoms with Crippen LogP contribution in [0.2, 0.25) is 5.02 Å². The fraction of sp³-hybridized carbons (Fsp3) is 0.364. The van der Waals surface area contributed by atoms with E-state index in [9.17, 15) is 4.79 Å². The van der Waals surface area contributed by atoms with Crippen LogP contribution in [0.5, 0.6) is 0 Å². The van der Waals surface area contributed by atoms with Crippen molar-refractivity contribution < 1.29 is 9.90 Å². The first kappa shape index (κ1) is 10.3. The fourth-order valence-electron chi connectivity index (χ4n) is 1.97. The van der Waals surface area contributed by atoms with Gasteiger partial charge in [-0.15, -0.1) is 0 Å². The third-order valence-corrected chi connectivity index (χ3v) is 2.82. The molecule has 0 saturated carbocycles. The van der Waals surface area contributed by atoms with Crippen molar-refractivity contribution in [1.29, 1.82) is 0 Å². The van der Waals surface area contributed by atoms with Gasteiger partial charge in [-0.3, -0.25) is 4.79 Å². The second kappa shape index (κ2) is 4.11. The lowest BCUT2D eigenvalue weighted by atomic mass is 10.0. The first-order valence-electron chi connectivity index (χ1n) is 4.92. The van der Waals surface area contributed by atoms with Crippen LogP contribution in [0.25, 0.3) is 0 Å². The topological polar surface area (TPSA) is 40.5 Å². The van der Waals surface area contributed by atoms with Gasteiger partial charge in [-0.2, -0.15) is 0 Å². The molecule has 80 valence electrons. The third-order valence-electron chi connectivity index (χ3n) is 2.58. The number of carboxylic acids is 1. The molecule has 3 nitrogen and oxygen atoms in total. The number of halogens is 1. The molecule has 0 aromatic heterocycles. The Bertz CT molecular complexity index is 392. The molecule has 1 N–H and O–H groups in total. The Kier molecular flexibility index (Phi) is 2.82. The average Bonchev–Trinajstić information content (AvgIpc) is 2.16. The molecule has 0 amide bonds. The standard InChI is InChI=1S/C11H12ClNO2/c12-9-3-4-10-8(6-9)2-1-5-13(10)7-11(14)15/h3-4,6H,1-2,5,7H2,(H,14,15). The molecule has 1 heterocycles. The van der Waals surface area contributed by atoms with Crippen LogP contribution in [0.1, 0.15) is 12.0 Å². The van der Waals surface area contributed by atoms with Crippen molar-refractivity contribution in [3.63, 3.8) is 0 Å². The Labute approximate surface area is 93.3 Å². The highest BCUT2D eigenvalue weighted by atomic mass is 35.5. The molecule has 1 aromatic rings. The quantitative estimate of drug-likeness (QED) is 0.839. The highest BCUT2D eigenvalue weighted by Crippen LogP contribution is 2.29. The predicted octanol–water partition coefficient (Wildman–Crippen LogP) is 2.18. The summed E-state index contributed by atoms with van der Waals surface area (Å²) in [5.41, 5.74) is 2.16. The van der Waals surface area contributed by atoms with Crippen molar-refractivity contribution in [3.8, 4) is 0 Å². The number of carboxylic acid groups (broad SMARTS) is 1. The minimum absolute atomic E-state index is 0.0641. The van der Waals surface area contributed by atoms with Gasteiger partial charge in [0.25, 0.3) is 0 Å². The number of aryl methyl sites for hydroxylation is 1. The summed E-state index contributed by atoms with van der Waals surface area (Å²) in [5.74, 6) is -0.794. The molecule has 1 aliphatic rings. The van der Waals surface area contributed by atoms with Gasteiger partial charge in [0.05, 0.1) is 0 Å². The highest BCUT2D eigenvalue weighted by Gasteiger charge is 2.18. The number of hydrogen-bond donors (Lipinski definition) is 1. The highest BCUT2D eigenvalue weighted by molar-refractivity contribution is 6.30. The van der Waals surface area contributed by atoms with Crippen LogP contribution in [-0.4, -0.2) is 24.2 Å². The molecule has 4 heteroatoms. The van der Waals surface area contributed by atoms with Crippen LogP contribution in [0.3, 0.4) is 0 Å². The number of benzene rings is 1. The molecule has 0 bridgehead atoms. The van der Waals surface area contributed by atoms with E-state index in [2.05, 4.69) is 0 Å². The van der Waals surface area contributed by atoms with Crippen molar-refractivity contribution in [2.24, 2.45) is 0 Å². The lowest BCUT2D eigenvalue weighted by Crippen LogP contribution is -2.34. The minimum Gasteiger partial charge on any atom is -0.480 e. The van der Waals surface area contributed by atoms with E-state index in [4.69, 9.17) is 16.7 Å². The maximum absolute atomic E-state index is 10.7. The Morgan fingerprint density at radius 3 is 3.07 bits per heavy atom. The normalized spacial score (nSPS) is 14.9. The van der Waals surface area contributed by atoms with E-state index in [0.717, 1.165) is 30.6 Å². The van der Waals surface area contributed by atoms with Gasteiger partial charge >= 0.3 is 5.97 Å². The molecule has 0 radical (unpaired) electrons. The van der Waals surface area contributed by atoms with Gasteiger partial charge in [-0.05, 0) is 36.6 Å². The Balaban J connectivity index is 2.30. The second-order valence-corrected chi connectivity index (χ2v) is 4.13. The summed E-state index contributed by atoms with van der Waals surface area (Å²) in [6.07, 6.45) is 1.96. The zero-order valence-electron chi connectivity index (χ0n) is 8.24. The van der Waals surface area contributed by atoms with E-state index in [-0.39, 0.29) is 6.54 Å². The van der Waals surface area contributed by atoms with Crippen molar-refractivity contribution >= 4 is 23.3 Å². The van der Waals surface area contributed by atoms with Crippen LogP contribution >= 0.6 is 11.6 Å². The van der Waals surface area contributed by atoms with E-state index in [1.807, 2.05) is 17.0 Å². The Morgan fingerprint density at radius 1 is 1.53 bits per heavy atom. The monoisotopic (exact) mass is 225 g/mol. The number of anilines is 1. The van der Waals surface area contributed by atoms with E-state index >= 15 is 0 Å². The summed E-state index contributed by atoms with van der Waals surface area (Å²) >= 11 is 5.90. The molecule has 0 saturated heterocycles. The number of rotatable bonds is 2. The molecule has 15 heavy (non-hydrogen) atoms. The van der Waals surface area contributed by atoms with Crippen LogP contribution in [0, 0.1) is 0 Å². The summed E-state index contributed by atoms with van der Waals surface area (Å²) < 4.78 is 0. The van der Waals surface area contributed by atoms with Gasteiger partial charge in [0.1, 0.15) is 6.54 Å². The zero-order valence-corrected chi connectivity index (χ0v) is 9.00. The molecule has 2 rings (SSSR count). The Hall–Kier alpha value is -1.22. The lowest BCUT2D eigenvalue weighted by Gasteiger charge is -2.29. The van der Waals surface area contributed by atoms with E-state index in [1.165, 1.54) is 0 Å². The number of fused-ring (bicyclic) bond motifs is 1. The molecule has 0 aliphatic carbocycles. The van der Waals surface area contributed by atoms with Crippen LogP contribution in [0.4, 0.5) is 5.69 Å². The van der Waals surface area contributed by atoms with E-state index < -0.39 is 5.97 Å². The van der Waals surface area contributed by atoms with Crippen LogP contribution in [-0.2, 0) is 11.2 Å². The maximum atomic E-state index is 10.7. The van der Waals surface area contributed by atoms with Crippen molar-refractivity contribution in [2.45, 2.75) is 12.8 Å². The van der Waals surface area contributed by atoms with Gasteiger partial charge in [0.2, 0.25) is 0 Å². The predicted molar refractivity (Wildman–Crippen MR) is 59.6 cm³/mol. The number of carbonyl (C=O) groups is 1. The fourth-order valence-corrected chi connectivity index (χ4v) is 2.17. The molecular formula is C11H12ClNO2. The van der Waals surface area contributed by atoms with Gasteiger partial charge < -0.3 is 10.0 Å². The van der Waals surface area contributed by atoms with Crippen LogP contribution < -0.4 is 4.90 Å². The Morgan fingerprint density at radius 2 is 2.33 bits per heavy atom. The number of aliphatic carboxylic acids is 1. The van der Waals surface area contributed by atoms with E-state index in [0.29, 0.717) is 5.02 Å². The molecule has 1 aliphatic heterocycles. The lowest BCUT2D eigenvalue weighted by molar-refractivity contribution is -0.135. The van der Waals surface area contributed by atoms with E-state index in [1.54, 1.807) is 6.07 Å². The van der Waals surface area contributed by atoms with Crippen molar-refractivity contribution in [2.75, 3.05) is 18.0 Å². The molecule has 0 fully saturated rings. The minimum atomic E-state index is -0.794. The molecule has 1 aromatic carbocycles. The summed E-state index contributed by atoms with van der Waals surface area (Å²) in [6, 6.07) is 5.63. The third kappa shape index (κ3) is 2.23. The SMILES string of the molecule is O=C(O)CN1CCCc2cc(Cl)ccc21. The van der Waals surface area contributed by atoms with Gasteiger partial charge in [-0.25, -0.2) is 0 Å². The van der Waals surface area contributed by atoms with Gasteiger partial charge in [0.15, 0.2) is 0 Å². The van der Waals surface area contributed by atoms with Crippen LogP contribution in [0.15, 0.2) is 18.2 Å². The van der Waals surface area contributed by atoms with Gasteiger partial charge in [-0.1, -0.05) is 11.6 Å². The molecule has 0 atom stereocenters. The first-order valence-corrected chi connectivity index (χ1v) is 5.30. The molecule has 0 unspecified atom stereocenters. The van der Waals surface area contributed by atoms with Crippen molar-refractivity contribution in [3.05, 3.63) is 28.8 Å². The maximum Gasteiger partial charge on any atom is 0.323 e. The first-order chi connectivity index (χ1) is 7.16. The number of hydrogen-bond acceptors (Lipinski definition) is 2. The largest absolute Gasteiger partial charge is 0.480 e. The second-order valence-electron chi connectivity index (χ2n) is 3.69.